The van der Waals surface area contributed by atoms with E-state index < -0.39 is 11.8 Å². The molecular weight excluding hydrogens is 244 g/mol. The van der Waals surface area contributed by atoms with Gasteiger partial charge in [0.05, 0.1) is 6.54 Å². The summed E-state index contributed by atoms with van der Waals surface area (Å²) < 4.78 is 0. The number of nitrogens with one attached hydrogen (secondary N) is 1. The van der Waals surface area contributed by atoms with Gasteiger partial charge in [-0.2, -0.15) is 0 Å². The van der Waals surface area contributed by atoms with Crippen molar-refractivity contribution in [3.05, 3.63) is 0 Å². The minimum atomic E-state index is -0.492. The Labute approximate surface area is 115 Å². The molecule has 0 aromatic carbocycles. The molecule has 0 aromatic heterocycles. The maximum atomic E-state index is 12.0. The molecule has 0 aliphatic carbocycles. The van der Waals surface area contributed by atoms with Crippen LogP contribution in [0.5, 0.6) is 0 Å². The molecule has 19 heavy (non-hydrogen) atoms. The minimum absolute atomic E-state index is 0.0122. The van der Waals surface area contributed by atoms with E-state index in [0.717, 1.165) is 6.42 Å². The van der Waals surface area contributed by atoms with Crippen LogP contribution in [0.2, 0.25) is 0 Å². The van der Waals surface area contributed by atoms with Gasteiger partial charge in [0.25, 0.3) is 0 Å². The third-order valence-corrected chi connectivity index (χ3v) is 3.17. The number of nitrogens with two attached hydrogens (primary N) is 1. The van der Waals surface area contributed by atoms with Crippen molar-refractivity contribution in [3.8, 4) is 0 Å². The highest BCUT2D eigenvalue weighted by Crippen LogP contribution is 2.15. The number of carbonyl (C=O) groups excluding carboxylic acids is 3. The molecule has 0 heterocycles. The van der Waals surface area contributed by atoms with Gasteiger partial charge in [-0.1, -0.05) is 27.7 Å². The van der Waals surface area contributed by atoms with Crippen LogP contribution in [0.15, 0.2) is 0 Å². The van der Waals surface area contributed by atoms with Crippen LogP contribution in [0.1, 0.15) is 47.0 Å². The molecule has 5 heteroatoms. The first-order valence-corrected chi connectivity index (χ1v) is 6.86. The largest absolute Gasteiger partial charge is 0.370 e. The first-order valence-electron chi connectivity index (χ1n) is 6.86. The standard InChI is InChI=1S/C14H26N2O3/c1-5-10(4)12(17)8-16-14(19)11(6-9(2)3)7-13(15)18/h9-11H,5-8H2,1-4H3,(H2,15,18)(H,16,19). The van der Waals surface area contributed by atoms with Crippen LogP contribution in [0.4, 0.5) is 0 Å². The molecule has 0 saturated heterocycles. The molecule has 2 amide bonds. The lowest BCUT2D eigenvalue weighted by molar-refractivity contribution is -0.131. The van der Waals surface area contributed by atoms with Gasteiger partial charge in [0.2, 0.25) is 11.8 Å². The third-order valence-electron chi connectivity index (χ3n) is 3.17. The van der Waals surface area contributed by atoms with E-state index in [1.807, 2.05) is 27.7 Å². The summed E-state index contributed by atoms with van der Waals surface area (Å²) in [5.74, 6) is -0.945. The zero-order chi connectivity index (χ0) is 15.0. The molecule has 0 aliphatic heterocycles. The Bertz CT molecular complexity index is 327. The molecule has 3 N–H and O–H groups in total. The van der Waals surface area contributed by atoms with E-state index in [2.05, 4.69) is 5.32 Å². The van der Waals surface area contributed by atoms with Crippen molar-refractivity contribution in [1.82, 2.24) is 5.32 Å². The number of amides is 2. The Morgan fingerprint density at radius 3 is 2.16 bits per heavy atom. The number of carbonyl (C=O) groups is 3. The number of rotatable bonds is 9. The quantitative estimate of drug-likeness (QED) is 0.661. The summed E-state index contributed by atoms with van der Waals surface area (Å²) in [6, 6.07) is 0. The first kappa shape index (κ1) is 17.6. The SMILES string of the molecule is CCC(C)C(=O)CNC(=O)C(CC(N)=O)CC(C)C. The number of ketones is 1. The normalized spacial score (nSPS) is 13.9. The van der Waals surface area contributed by atoms with Crippen molar-refractivity contribution in [2.75, 3.05) is 6.54 Å². The van der Waals surface area contributed by atoms with E-state index in [4.69, 9.17) is 5.73 Å². The summed E-state index contributed by atoms with van der Waals surface area (Å²) in [6.45, 7) is 7.75. The van der Waals surface area contributed by atoms with Crippen LogP contribution < -0.4 is 11.1 Å². The van der Waals surface area contributed by atoms with Gasteiger partial charge >= 0.3 is 0 Å². The maximum absolute atomic E-state index is 12.0. The van der Waals surface area contributed by atoms with Crippen LogP contribution in [-0.4, -0.2) is 24.1 Å². The summed E-state index contributed by atoms with van der Waals surface area (Å²) in [6.07, 6.45) is 1.37. The summed E-state index contributed by atoms with van der Waals surface area (Å²) in [5, 5.41) is 2.61. The van der Waals surface area contributed by atoms with Gasteiger partial charge in [0.15, 0.2) is 5.78 Å². The van der Waals surface area contributed by atoms with Crippen molar-refractivity contribution in [2.45, 2.75) is 47.0 Å². The Hall–Kier alpha value is -1.39. The maximum Gasteiger partial charge on any atom is 0.224 e. The highest BCUT2D eigenvalue weighted by Gasteiger charge is 2.22. The van der Waals surface area contributed by atoms with Gasteiger partial charge in [-0.3, -0.25) is 14.4 Å². The molecule has 0 bridgehead atoms. The lowest BCUT2D eigenvalue weighted by Gasteiger charge is -2.17. The monoisotopic (exact) mass is 270 g/mol. The Balaban J connectivity index is 4.39. The second-order valence-electron chi connectivity index (χ2n) is 5.49. The molecule has 0 rings (SSSR count). The molecule has 110 valence electrons. The average molecular weight is 270 g/mol. The van der Waals surface area contributed by atoms with E-state index in [9.17, 15) is 14.4 Å². The van der Waals surface area contributed by atoms with E-state index in [1.165, 1.54) is 0 Å². The predicted octanol–water partition coefficient (Wildman–Crippen LogP) is 1.26. The zero-order valence-electron chi connectivity index (χ0n) is 12.4. The van der Waals surface area contributed by atoms with E-state index in [1.54, 1.807) is 0 Å². The summed E-state index contributed by atoms with van der Waals surface area (Å²) >= 11 is 0. The average Bonchev–Trinajstić information content (AvgIpc) is 2.32. The lowest BCUT2D eigenvalue weighted by atomic mass is 9.93. The smallest absolute Gasteiger partial charge is 0.224 e. The fraction of sp³-hybridized carbons (Fsp3) is 0.786. The fourth-order valence-electron chi connectivity index (χ4n) is 1.82. The third kappa shape index (κ3) is 7.59. The van der Waals surface area contributed by atoms with Crippen molar-refractivity contribution in [3.63, 3.8) is 0 Å². The molecule has 0 spiro atoms. The molecule has 2 unspecified atom stereocenters. The van der Waals surface area contributed by atoms with Crippen LogP contribution in [0.3, 0.4) is 0 Å². The molecule has 0 aromatic rings. The van der Waals surface area contributed by atoms with Crippen LogP contribution >= 0.6 is 0 Å². The van der Waals surface area contributed by atoms with Crippen molar-refractivity contribution >= 4 is 17.6 Å². The molecule has 0 fully saturated rings. The van der Waals surface area contributed by atoms with Crippen molar-refractivity contribution in [2.24, 2.45) is 23.5 Å². The van der Waals surface area contributed by atoms with Crippen LogP contribution in [0.25, 0.3) is 0 Å². The number of hydrogen-bond acceptors (Lipinski definition) is 3. The van der Waals surface area contributed by atoms with Gasteiger partial charge in [-0.25, -0.2) is 0 Å². The van der Waals surface area contributed by atoms with Gasteiger partial charge in [0, 0.05) is 18.3 Å². The van der Waals surface area contributed by atoms with Gasteiger partial charge in [0.1, 0.15) is 0 Å². The lowest BCUT2D eigenvalue weighted by Crippen LogP contribution is -2.38. The van der Waals surface area contributed by atoms with Crippen molar-refractivity contribution < 1.29 is 14.4 Å². The zero-order valence-corrected chi connectivity index (χ0v) is 12.4. The Kier molecular flexibility index (Phi) is 8.03. The van der Waals surface area contributed by atoms with Gasteiger partial charge < -0.3 is 11.1 Å². The fourth-order valence-corrected chi connectivity index (χ4v) is 1.82. The molecule has 5 nitrogen and oxygen atoms in total. The highest BCUT2D eigenvalue weighted by molar-refractivity contribution is 5.89. The van der Waals surface area contributed by atoms with Crippen LogP contribution in [-0.2, 0) is 14.4 Å². The summed E-state index contributed by atoms with van der Waals surface area (Å²) in [7, 11) is 0. The van der Waals surface area contributed by atoms with E-state index in [-0.39, 0.29) is 30.6 Å². The van der Waals surface area contributed by atoms with Crippen LogP contribution in [0, 0.1) is 17.8 Å². The Morgan fingerprint density at radius 1 is 1.16 bits per heavy atom. The second-order valence-corrected chi connectivity index (χ2v) is 5.49. The minimum Gasteiger partial charge on any atom is -0.370 e. The van der Waals surface area contributed by atoms with E-state index in [0.29, 0.717) is 12.3 Å². The predicted molar refractivity (Wildman–Crippen MR) is 74.2 cm³/mol. The van der Waals surface area contributed by atoms with Crippen molar-refractivity contribution in [1.29, 1.82) is 0 Å². The molecular formula is C14H26N2O3. The second kappa shape index (κ2) is 8.67. The molecule has 2 atom stereocenters. The topological polar surface area (TPSA) is 89.3 Å². The summed E-state index contributed by atoms with van der Waals surface area (Å²) in [4.78, 5) is 34.6. The number of Topliss-reactive ketones (excluding diaryl/α,β-unsaturated/α-hetero) is 1. The molecule has 0 radical (unpaired) electrons. The Morgan fingerprint density at radius 2 is 1.74 bits per heavy atom. The number of hydrogen-bond donors (Lipinski definition) is 2. The first-order chi connectivity index (χ1) is 8.77. The highest BCUT2D eigenvalue weighted by atomic mass is 16.2. The number of primary amides is 1. The van der Waals surface area contributed by atoms with Gasteiger partial charge in [-0.05, 0) is 18.8 Å². The molecule has 0 aliphatic rings. The molecule has 0 saturated carbocycles. The van der Waals surface area contributed by atoms with Gasteiger partial charge in [-0.15, -0.1) is 0 Å². The summed E-state index contributed by atoms with van der Waals surface area (Å²) in [5.41, 5.74) is 5.15. The van der Waals surface area contributed by atoms with E-state index >= 15 is 0 Å².